The lowest BCUT2D eigenvalue weighted by atomic mass is 9.99. The van der Waals surface area contributed by atoms with Crippen LogP contribution >= 0.6 is 0 Å². The van der Waals surface area contributed by atoms with E-state index in [2.05, 4.69) is 46.4 Å². The molecule has 0 aliphatic carbocycles. The number of aromatic nitrogens is 1. The highest BCUT2D eigenvalue weighted by Gasteiger charge is 2.21. The number of aromatic amines is 1. The highest BCUT2D eigenvalue weighted by molar-refractivity contribution is 5.83. The summed E-state index contributed by atoms with van der Waals surface area (Å²) in [7, 11) is 0. The molecule has 2 heterocycles. The van der Waals surface area contributed by atoms with Crippen molar-refractivity contribution in [1.29, 1.82) is 0 Å². The van der Waals surface area contributed by atoms with Crippen molar-refractivity contribution in [3.8, 4) is 0 Å². The van der Waals surface area contributed by atoms with E-state index in [9.17, 15) is 4.79 Å². The van der Waals surface area contributed by atoms with Crippen LogP contribution in [0.3, 0.4) is 0 Å². The predicted octanol–water partition coefficient (Wildman–Crippen LogP) is 4.95. The Bertz CT molecular complexity index is 913. The second-order valence-corrected chi connectivity index (χ2v) is 8.03. The van der Waals surface area contributed by atoms with E-state index >= 15 is 0 Å². The standard InChI is InChI=1S/C25H30N2O2/c28-25(12-6-9-22-17-26-24-11-5-4-10-23(22)24)27(18-20-7-2-1-3-8-20)19-21-13-15-29-16-14-21/h1-5,7-8,10-11,17,21,26H,6,9,12-16,18-19H2. The molecule has 1 N–H and O–H groups in total. The number of fused-ring (bicyclic) bond motifs is 1. The van der Waals surface area contributed by atoms with Crippen LogP contribution in [-0.4, -0.2) is 35.5 Å². The molecule has 3 aromatic rings. The minimum absolute atomic E-state index is 0.264. The zero-order chi connectivity index (χ0) is 19.9. The lowest BCUT2D eigenvalue weighted by molar-refractivity contribution is -0.133. The van der Waals surface area contributed by atoms with Crippen molar-refractivity contribution in [3.63, 3.8) is 0 Å². The molecule has 4 heteroatoms. The molecule has 0 atom stereocenters. The van der Waals surface area contributed by atoms with Crippen molar-refractivity contribution in [2.75, 3.05) is 19.8 Å². The number of nitrogens with one attached hydrogen (secondary N) is 1. The lowest BCUT2D eigenvalue weighted by Gasteiger charge is -2.30. The smallest absolute Gasteiger partial charge is 0.222 e. The number of ether oxygens (including phenoxy) is 1. The highest BCUT2D eigenvalue weighted by atomic mass is 16.5. The number of amides is 1. The van der Waals surface area contributed by atoms with Crippen molar-refractivity contribution < 1.29 is 9.53 Å². The molecule has 1 amide bonds. The Hall–Kier alpha value is -2.59. The van der Waals surface area contributed by atoms with E-state index in [1.807, 2.05) is 24.3 Å². The summed E-state index contributed by atoms with van der Waals surface area (Å²) >= 11 is 0. The van der Waals surface area contributed by atoms with Gasteiger partial charge in [0.1, 0.15) is 0 Å². The molecule has 29 heavy (non-hydrogen) atoms. The Labute approximate surface area is 172 Å². The molecular formula is C25H30N2O2. The van der Waals surface area contributed by atoms with Crippen LogP contribution in [0, 0.1) is 5.92 Å². The molecule has 1 aliphatic rings. The van der Waals surface area contributed by atoms with E-state index in [-0.39, 0.29) is 5.91 Å². The normalized spacial score (nSPS) is 14.9. The molecule has 1 aromatic heterocycles. The summed E-state index contributed by atoms with van der Waals surface area (Å²) in [6.45, 7) is 3.17. The summed E-state index contributed by atoms with van der Waals surface area (Å²) in [5, 5.41) is 1.27. The summed E-state index contributed by atoms with van der Waals surface area (Å²) in [5.74, 6) is 0.810. The molecule has 0 bridgehead atoms. The fraction of sp³-hybridized carbons (Fsp3) is 0.400. The topological polar surface area (TPSA) is 45.3 Å². The van der Waals surface area contributed by atoms with Gasteiger partial charge < -0.3 is 14.6 Å². The van der Waals surface area contributed by atoms with Crippen LogP contribution in [0.15, 0.2) is 60.8 Å². The number of rotatable bonds is 8. The molecule has 0 saturated carbocycles. The second-order valence-electron chi connectivity index (χ2n) is 8.03. The Kier molecular flexibility index (Phi) is 6.63. The van der Waals surface area contributed by atoms with Crippen molar-refractivity contribution in [1.82, 2.24) is 9.88 Å². The summed E-state index contributed by atoms with van der Waals surface area (Å²) in [6, 6.07) is 18.7. The van der Waals surface area contributed by atoms with E-state index in [4.69, 9.17) is 4.74 Å². The average molecular weight is 391 g/mol. The van der Waals surface area contributed by atoms with Crippen LogP contribution in [0.2, 0.25) is 0 Å². The van der Waals surface area contributed by atoms with Crippen LogP contribution in [0.1, 0.15) is 36.8 Å². The van der Waals surface area contributed by atoms with Gasteiger partial charge in [-0.3, -0.25) is 4.79 Å². The van der Waals surface area contributed by atoms with E-state index < -0.39 is 0 Å². The summed E-state index contributed by atoms with van der Waals surface area (Å²) in [6.07, 6.45) is 6.57. The maximum absolute atomic E-state index is 13.1. The minimum Gasteiger partial charge on any atom is -0.381 e. The highest BCUT2D eigenvalue weighted by Crippen LogP contribution is 2.21. The molecule has 1 aliphatic heterocycles. The van der Waals surface area contributed by atoms with E-state index in [0.29, 0.717) is 18.9 Å². The monoisotopic (exact) mass is 390 g/mol. The first-order valence-electron chi connectivity index (χ1n) is 10.7. The SMILES string of the molecule is O=C(CCCc1c[nH]c2ccccc12)N(Cc1ccccc1)CC1CCOCC1. The first-order chi connectivity index (χ1) is 14.3. The van der Waals surface area contributed by atoms with Crippen molar-refractivity contribution in [2.45, 2.75) is 38.6 Å². The Balaban J connectivity index is 1.37. The average Bonchev–Trinajstić information content (AvgIpc) is 3.18. The van der Waals surface area contributed by atoms with Gasteiger partial charge in [-0.2, -0.15) is 0 Å². The van der Waals surface area contributed by atoms with E-state index in [1.165, 1.54) is 22.0 Å². The number of carbonyl (C=O) groups excluding carboxylic acids is 1. The molecule has 4 nitrogen and oxygen atoms in total. The lowest BCUT2D eigenvalue weighted by Crippen LogP contribution is -2.36. The molecule has 152 valence electrons. The fourth-order valence-corrected chi connectivity index (χ4v) is 4.23. The number of para-hydroxylation sites is 1. The molecular weight excluding hydrogens is 360 g/mol. The van der Waals surface area contributed by atoms with Gasteiger partial charge >= 0.3 is 0 Å². The van der Waals surface area contributed by atoms with E-state index in [1.54, 1.807) is 0 Å². The third-order valence-corrected chi connectivity index (χ3v) is 5.90. The number of benzene rings is 2. The molecule has 4 rings (SSSR count). The Morgan fingerprint density at radius 3 is 2.62 bits per heavy atom. The van der Waals surface area contributed by atoms with Gasteiger partial charge in [0.2, 0.25) is 5.91 Å². The Morgan fingerprint density at radius 2 is 1.79 bits per heavy atom. The summed E-state index contributed by atoms with van der Waals surface area (Å²) in [4.78, 5) is 18.5. The van der Waals surface area contributed by atoms with Crippen molar-refractivity contribution >= 4 is 16.8 Å². The van der Waals surface area contributed by atoms with E-state index in [0.717, 1.165) is 45.4 Å². The van der Waals surface area contributed by atoms with Gasteiger partial charge in [0, 0.05) is 49.8 Å². The predicted molar refractivity (Wildman–Crippen MR) is 117 cm³/mol. The molecule has 1 fully saturated rings. The third-order valence-electron chi connectivity index (χ3n) is 5.90. The van der Waals surface area contributed by atoms with Crippen LogP contribution in [0.4, 0.5) is 0 Å². The van der Waals surface area contributed by atoms with Gasteiger partial charge in [0.05, 0.1) is 0 Å². The number of hydrogen-bond donors (Lipinski definition) is 1. The van der Waals surface area contributed by atoms with Gasteiger partial charge in [-0.25, -0.2) is 0 Å². The van der Waals surface area contributed by atoms with Gasteiger partial charge in [0.25, 0.3) is 0 Å². The number of nitrogens with zero attached hydrogens (tertiary/aromatic N) is 1. The quantitative estimate of drug-likeness (QED) is 0.592. The zero-order valence-electron chi connectivity index (χ0n) is 17.0. The number of H-pyrrole nitrogens is 1. The zero-order valence-corrected chi connectivity index (χ0v) is 17.0. The number of carbonyl (C=O) groups is 1. The van der Waals surface area contributed by atoms with Gasteiger partial charge in [-0.15, -0.1) is 0 Å². The maximum Gasteiger partial charge on any atom is 0.222 e. The summed E-state index contributed by atoms with van der Waals surface area (Å²) in [5.41, 5.74) is 3.66. The third kappa shape index (κ3) is 5.27. The van der Waals surface area contributed by atoms with Crippen LogP contribution in [0.5, 0.6) is 0 Å². The molecule has 0 radical (unpaired) electrons. The number of hydrogen-bond acceptors (Lipinski definition) is 2. The Morgan fingerprint density at radius 1 is 1.03 bits per heavy atom. The first kappa shape index (κ1) is 19.7. The molecule has 2 aromatic carbocycles. The first-order valence-corrected chi connectivity index (χ1v) is 10.7. The molecule has 0 spiro atoms. The van der Waals surface area contributed by atoms with Crippen LogP contribution in [-0.2, 0) is 22.5 Å². The van der Waals surface area contributed by atoms with Crippen LogP contribution < -0.4 is 0 Å². The fourth-order valence-electron chi connectivity index (χ4n) is 4.23. The van der Waals surface area contributed by atoms with Gasteiger partial charge in [-0.1, -0.05) is 48.5 Å². The maximum atomic E-state index is 13.1. The van der Waals surface area contributed by atoms with Gasteiger partial charge in [-0.05, 0) is 48.8 Å². The number of aryl methyl sites for hydroxylation is 1. The summed E-state index contributed by atoms with van der Waals surface area (Å²) < 4.78 is 5.50. The van der Waals surface area contributed by atoms with Crippen molar-refractivity contribution in [2.24, 2.45) is 5.92 Å². The minimum atomic E-state index is 0.264. The van der Waals surface area contributed by atoms with Crippen molar-refractivity contribution in [3.05, 3.63) is 71.9 Å². The molecule has 0 unspecified atom stereocenters. The van der Waals surface area contributed by atoms with Crippen LogP contribution in [0.25, 0.3) is 10.9 Å². The second kappa shape index (κ2) is 9.75. The largest absolute Gasteiger partial charge is 0.381 e. The van der Waals surface area contributed by atoms with Gasteiger partial charge in [0.15, 0.2) is 0 Å². The molecule has 1 saturated heterocycles.